The molecule has 2 aliphatic rings. The quantitative estimate of drug-likeness (QED) is 0.798. The molecule has 0 bridgehead atoms. The van der Waals surface area contributed by atoms with Crippen molar-refractivity contribution in [2.75, 3.05) is 0 Å². The summed E-state index contributed by atoms with van der Waals surface area (Å²) in [7, 11) is 0. The molecule has 1 aromatic rings. The fourth-order valence-electron chi connectivity index (χ4n) is 4.92. The van der Waals surface area contributed by atoms with Crippen LogP contribution in [-0.4, -0.2) is 5.54 Å². The van der Waals surface area contributed by atoms with E-state index in [1.165, 1.54) is 37.7 Å². The summed E-state index contributed by atoms with van der Waals surface area (Å²) in [6, 6.07) is 7.22. The van der Waals surface area contributed by atoms with E-state index in [0.717, 1.165) is 0 Å². The third-order valence-corrected chi connectivity index (χ3v) is 6.09. The first-order valence-corrected chi connectivity index (χ1v) is 8.27. The monoisotopic (exact) mass is 271 g/mol. The minimum Gasteiger partial charge on any atom is -0.325 e. The van der Waals surface area contributed by atoms with Crippen LogP contribution in [0.4, 0.5) is 0 Å². The van der Waals surface area contributed by atoms with Crippen molar-refractivity contribution < 1.29 is 0 Å². The molecule has 110 valence electrons. The number of hydrogen-bond donors (Lipinski definition) is 1. The highest BCUT2D eigenvalue weighted by atomic mass is 14.8. The Morgan fingerprint density at radius 2 is 1.95 bits per heavy atom. The van der Waals surface area contributed by atoms with Gasteiger partial charge in [0.15, 0.2) is 0 Å². The first kappa shape index (κ1) is 14.1. The smallest absolute Gasteiger partial charge is 0.0162 e. The highest BCUT2D eigenvalue weighted by Crippen LogP contribution is 2.52. The van der Waals surface area contributed by atoms with Gasteiger partial charge in [0, 0.05) is 5.54 Å². The molecule has 3 atom stereocenters. The van der Waals surface area contributed by atoms with Crippen molar-refractivity contribution in [2.24, 2.45) is 11.7 Å². The second-order valence-electron chi connectivity index (χ2n) is 7.94. The molecule has 1 aromatic carbocycles. The fraction of sp³-hybridized carbons (Fsp3) is 0.684. The van der Waals surface area contributed by atoms with E-state index in [2.05, 4.69) is 45.9 Å². The van der Waals surface area contributed by atoms with Gasteiger partial charge >= 0.3 is 0 Å². The van der Waals surface area contributed by atoms with Gasteiger partial charge in [0.05, 0.1) is 0 Å². The summed E-state index contributed by atoms with van der Waals surface area (Å²) in [6.07, 6.45) is 6.23. The molecule has 0 heterocycles. The van der Waals surface area contributed by atoms with Crippen LogP contribution in [0.2, 0.25) is 0 Å². The molecule has 1 nitrogen and oxygen atoms in total. The van der Waals surface area contributed by atoms with E-state index in [0.29, 0.717) is 17.3 Å². The van der Waals surface area contributed by atoms with Crippen LogP contribution in [0, 0.1) is 5.92 Å². The Balaban J connectivity index is 2.06. The maximum absolute atomic E-state index is 6.65. The molecule has 2 N–H and O–H groups in total. The molecule has 20 heavy (non-hydrogen) atoms. The van der Waals surface area contributed by atoms with Crippen molar-refractivity contribution in [2.45, 2.75) is 76.7 Å². The Morgan fingerprint density at radius 1 is 1.20 bits per heavy atom. The van der Waals surface area contributed by atoms with Crippen LogP contribution in [0.15, 0.2) is 18.2 Å². The molecule has 1 fully saturated rings. The number of nitrogens with two attached hydrogens (primary N) is 1. The summed E-state index contributed by atoms with van der Waals surface area (Å²) >= 11 is 0. The summed E-state index contributed by atoms with van der Waals surface area (Å²) in [5.41, 5.74) is 11.6. The van der Waals surface area contributed by atoms with E-state index in [1.54, 1.807) is 11.1 Å². The van der Waals surface area contributed by atoms with Crippen LogP contribution in [-0.2, 0) is 11.8 Å². The van der Waals surface area contributed by atoms with Gasteiger partial charge in [-0.15, -0.1) is 0 Å². The molecule has 1 saturated carbocycles. The van der Waals surface area contributed by atoms with Gasteiger partial charge in [0.2, 0.25) is 0 Å². The van der Waals surface area contributed by atoms with E-state index < -0.39 is 0 Å². The summed E-state index contributed by atoms with van der Waals surface area (Å²) in [4.78, 5) is 0. The Kier molecular flexibility index (Phi) is 3.25. The van der Waals surface area contributed by atoms with Crippen LogP contribution in [0.25, 0.3) is 0 Å². The molecule has 0 saturated heterocycles. The van der Waals surface area contributed by atoms with Crippen molar-refractivity contribution in [3.8, 4) is 0 Å². The second kappa shape index (κ2) is 4.59. The molecule has 0 amide bonds. The Bertz CT molecular complexity index is 514. The lowest BCUT2D eigenvalue weighted by Crippen LogP contribution is -2.57. The SMILES string of the molecule is CC(C)c1ccc2c(c1)CCC1[C@](C)(N)CCC[C@]21C. The molecule has 2 aliphatic carbocycles. The Hall–Kier alpha value is -0.820. The zero-order valence-corrected chi connectivity index (χ0v) is 13.5. The van der Waals surface area contributed by atoms with E-state index in [-0.39, 0.29) is 5.54 Å². The van der Waals surface area contributed by atoms with Gasteiger partial charge in [-0.3, -0.25) is 0 Å². The van der Waals surface area contributed by atoms with Crippen LogP contribution < -0.4 is 5.73 Å². The standard InChI is InChI=1S/C19H29N/c1-13(2)14-6-8-16-15(12-14)7-9-17-18(16,3)10-5-11-19(17,4)20/h6,8,12-13,17H,5,7,9-11,20H2,1-4H3/t17?,18-,19-/m1/s1. The van der Waals surface area contributed by atoms with E-state index in [1.807, 2.05) is 0 Å². The number of rotatable bonds is 1. The number of hydrogen-bond acceptors (Lipinski definition) is 1. The second-order valence-corrected chi connectivity index (χ2v) is 7.94. The van der Waals surface area contributed by atoms with Crippen molar-refractivity contribution in [3.63, 3.8) is 0 Å². The summed E-state index contributed by atoms with van der Waals surface area (Å²) in [6.45, 7) is 9.32. The third kappa shape index (κ3) is 2.02. The molecule has 1 heteroatoms. The molecular weight excluding hydrogens is 242 g/mol. The van der Waals surface area contributed by atoms with Crippen LogP contribution in [0.5, 0.6) is 0 Å². The number of benzene rings is 1. The first-order valence-electron chi connectivity index (χ1n) is 8.27. The summed E-state index contributed by atoms with van der Waals surface area (Å²) in [5.74, 6) is 1.26. The summed E-state index contributed by atoms with van der Waals surface area (Å²) < 4.78 is 0. The topological polar surface area (TPSA) is 26.0 Å². The molecular formula is C19H29N. The molecule has 3 rings (SSSR count). The van der Waals surface area contributed by atoms with Crippen molar-refractivity contribution in [1.82, 2.24) is 0 Å². The average molecular weight is 271 g/mol. The van der Waals surface area contributed by atoms with Gasteiger partial charge in [0.25, 0.3) is 0 Å². The van der Waals surface area contributed by atoms with Crippen molar-refractivity contribution in [1.29, 1.82) is 0 Å². The van der Waals surface area contributed by atoms with Gasteiger partial charge in [-0.25, -0.2) is 0 Å². The van der Waals surface area contributed by atoms with Crippen molar-refractivity contribution in [3.05, 3.63) is 34.9 Å². The van der Waals surface area contributed by atoms with Gasteiger partial charge < -0.3 is 5.73 Å². The molecule has 0 aromatic heterocycles. The van der Waals surface area contributed by atoms with Crippen LogP contribution in [0.3, 0.4) is 0 Å². The Labute approximate surface area is 124 Å². The lowest BCUT2D eigenvalue weighted by atomic mass is 9.53. The van der Waals surface area contributed by atoms with Gasteiger partial charge in [-0.1, -0.05) is 45.4 Å². The molecule has 1 unspecified atom stereocenters. The normalized spacial score (nSPS) is 36.6. The summed E-state index contributed by atoms with van der Waals surface area (Å²) in [5, 5.41) is 0. The predicted molar refractivity (Wildman–Crippen MR) is 86.1 cm³/mol. The molecule has 0 aliphatic heterocycles. The first-order chi connectivity index (χ1) is 9.34. The zero-order valence-electron chi connectivity index (χ0n) is 13.5. The van der Waals surface area contributed by atoms with Crippen LogP contribution in [0.1, 0.15) is 76.0 Å². The Morgan fingerprint density at radius 3 is 2.65 bits per heavy atom. The lowest BCUT2D eigenvalue weighted by molar-refractivity contribution is 0.0907. The van der Waals surface area contributed by atoms with E-state index in [9.17, 15) is 0 Å². The predicted octanol–water partition coefficient (Wildman–Crippen LogP) is 4.53. The van der Waals surface area contributed by atoms with Crippen molar-refractivity contribution >= 4 is 0 Å². The van der Waals surface area contributed by atoms with Gasteiger partial charge in [-0.2, -0.15) is 0 Å². The highest BCUT2D eigenvalue weighted by Gasteiger charge is 2.49. The minimum absolute atomic E-state index is 0.0153. The maximum atomic E-state index is 6.65. The van der Waals surface area contributed by atoms with Gasteiger partial charge in [0.1, 0.15) is 0 Å². The van der Waals surface area contributed by atoms with E-state index >= 15 is 0 Å². The minimum atomic E-state index is 0.0153. The highest BCUT2D eigenvalue weighted by molar-refractivity contribution is 5.42. The fourth-order valence-corrected chi connectivity index (χ4v) is 4.92. The van der Waals surface area contributed by atoms with Crippen LogP contribution >= 0.6 is 0 Å². The third-order valence-electron chi connectivity index (χ3n) is 6.09. The van der Waals surface area contributed by atoms with Gasteiger partial charge in [-0.05, 0) is 66.5 Å². The zero-order chi connectivity index (χ0) is 14.5. The molecule has 0 radical (unpaired) electrons. The number of fused-ring (bicyclic) bond motifs is 3. The lowest BCUT2D eigenvalue weighted by Gasteiger charge is -2.54. The van der Waals surface area contributed by atoms with E-state index in [4.69, 9.17) is 5.73 Å². The molecule has 0 spiro atoms. The largest absolute Gasteiger partial charge is 0.325 e. The maximum Gasteiger partial charge on any atom is 0.0162 e. The average Bonchev–Trinajstić information content (AvgIpc) is 2.37. The number of aryl methyl sites for hydroxylation is 1.